The van der Waals surface area contributed by atoms with E-state index in [4.69, 9.17) is 4.52 Å². The second kappa shape index (κ2) is 3.85. The molecule has 0 saturated heterocycles. The van der Waals surface area contributed by atoms with Crippen LogP contribution in [0.5, 0.6) is 0 Å². The summed E-state index contributed by atoms with van der Waals surface area (Å²) in [6.07, 6.45) is 0.502. The van der Waals surface area contributed by atoms with Gasteiger partial charge in [-0.1, -0.05) is 19.0 Å². The molecule has 3 nitrogen and oxygen atoms in total. The van der Waals surface area contributed by atoms with E-state index in [1.807, 2.05) is 13.8 Å². The lowest BCUT2D eigenvalue weighted by molar-refractivity contribution is 0.0931. The fourth-order valence-electron chi connectivity index (χ4n) is 0.856. The number of ketones is 1. The Morgan fingerprint density at radius 1 is 1.75 bits per heavy atom. The minimum atomic E-state index is 0.00296. The highest BCUT2D eigenvalue weighted by atomic mass is 79.9. The normalized spacial score (nSPS) is 10.7. The zero-order valence-corrected chi connectivity index (χ0v) is 8.59. The van der Waals surface area contributed by atoms with Gasteiger partial charge in [0.05, 0.1) is 0 Å². The molecule has 0 unspecified atom stereocenters. The number of nitrogens with zero attached hydrogens (tertiary/aromatic N) is 1. The van der Waals surface area contributed by atoms with Crippen LogP contribution in [0.1, 0.15) is 30.8 Å². The van der Waals surface area contributed by atoms with Crippen LogP contribution in [-0.2, 0) is 0 Å². The molecule has 66 valence electrons. The average Bonchev–Trinajstić information content (AvgIpc) is 2.34. The van der Waals surface area contributed by atoms with Gasteiger partial charge in [0.25, 0.3) is 0 Å². The van der Waals surface area contributed by atoms with Crippen LogP contribution in [-0.4, -0.2) is 10.9 Å². The Labute approximate surface area is 79.3 Å². The Morgan fingerprint density at radius 3 is 2.83 bits per heavy atom. The molecule has 1 rings (SSSR count). The lowest BCUT2D eigenvalue weighted by Crippen LogP contribution is -2.01. The standard InChI is InChI=1S/C8H10BrNO2/c1-5(2)3-6(11)7-4-8(9)10-12-7/h4-5H,3H2,1-2H3. The zero-order chi connectivity index (χ0) is 9.14. The van der Waals surface area contributed by atoms with Crippen molar-refractivity contribution in [1.29, 1.82) is 0 Å². The first-order valence-electron chi connectivity index (χ1n) is 3.75. The van der Waals surface area contributed by atoms with Gasteiger partial charge in [-0.2, -0.15) is 0 Å². The molecule has 0 atom stereocenters. The molecule has 0 aliphatic carbocycles. The predicted octanol–water partition coefficient (Wildman–Crippen LogP) is 2.67. The summed E-state index contributed by atoms with van der Waals surface area (Å²) in [4.78, 5) is 11.3. The van der Waals surface area contributed by atoms with Gasteiger partial charge in [-0.15, -0.1) is 0 Å². The third-order valence-electron chi connectivity index (χ3n) is 1.35. The van der Waals surface area contributed by atoms with Crippen molar-refractivity contribution in [3.05, 3.63) is 16.4 Å². The van der Waals surface area contributed by atoms with Gasteiger partial charge in [0.15, 0.2) is 0 Å². The quantitative estimate of drug-likeness (QED) is 0.752. The molecule has 0 fully saturated rings. The lowest BCUT2D eigenvalue weighted by atomic mass is 10.1. The van der Waals surface area contributed by atoms with Crippen LogP contribution in [0.15, 0.2) is 15.2 Å². The maximum absolute atomic E-state index is 11.3. The third-order valence-corrected chi connectivity index (χ3v) is 1.72. The Kier molecular flexibility index (Phi) is 3.03. The Bertz CT molecular complexity index is 280. The number of rotatable bonds is 3. The van der Waals surface area contributed by atoms with Gasteiger partial charge in [-0.05, 0) is 21.8 Å². The first-order valence-corrected chi connectivity index (χ1v) is 4.54. The van der Waals surface area contributed by atoms with Crippen LogP contribution in [0.3, 0.4) is 0 Å². The summed E-state index contributed by atoms with van der Waals surface area (Å²) in [6.45, 7) is 3.98. The van der Waals surface area contributed by atoms with Gasteiger partial charge >= 0.3 is 0 Å². The minimum Gasteiger partial charge on any atom is -0.352 e. The second-order valence-corrected chi connectivity index (χ2v) is 3.85. The number of carbonyl (C=O) groups excluding carboxylic acids is 1. The molecule has 0 amide bonds. The van der Waals surface area contributed by atoms with E-state index >= 15 is 0 Å². The molecule has 1 aromatic heterocycles. The Balaban J connectivity index is 2.65. The summed E-state index contributed by atoms with van der Waals surface area (Å²) in [7, 11) is 0. The molecule has 0 aliphatic heterocycles. The van der Waals surface area contributed by atoms with Crippen LogP contribution < -0.4 is 0 Å². The van der Waals surface area contributed by atoms with E-state index in [1.54, 1.807) is 6.07 Å². The Morgan fingerprint density at radius 2 is 2.42 bits per heavy atom. The largest absolute Gasteiger partial charge is 0.352 e. The fraction of sp³-hybridized carbons (Fsp3) is 0.500. The Hall–Kier alpha value is -0.640. The van der Waals surface area contributed by atoms with Crippen molar-refractivity contribution in [1.82, 2.24) is 5.16 Å². The molecule has 1 heterocycles. The first-order chi connectivity index (χ1) is 5.59. The van der Waals surface area contributed by atoms with E-state index in [2.05, 4.69) is 21.1 Å². The summed E-state index contributed by atoms with van der Waals surface area (Å²) in [5.41, 5.74) is 0. The van der Waals surface area contributed by atoms with Crippen LogP contribution in [0.2, 0.25) is 0 Å². The van der Waals surface area contributed by atoms with E-state index in [9.17, 15) is 4.79 Å². The monoisotopic (exact) mass is 231 g/mol. The van der Waals surface area contributed by atoms with E-state index in [-0.39, 0.29) is 5.78 Å². The SMILES string of the molecule is CC(C)CC(=O)c1cc(Br)no1. The molecule has 0 aromatic carbocycles. The number of halogens is 1. The van der Waals surface area contributed by atoms with Crippen molar-refractivity contribution < 1.29 is 9.32 Å². The molecule has 0 saturated carbocycles. The van der Waals surface area contributed by atoms with Crippen LogP contribution >= 0.6 is 15.9 Å². The summed E-state index contributed by atoms with van der Waals surface area (Å²) in [6, 6.07) is 1.59. The molecule has 0 aliphatic rings. The highest BCUT2D eigenvalue weighted by Gasteiger charge is 2.12. The van der Waals surface area contributed by atoms with Crippen LogP contribution in [0.25, 0.3) is 0 Å². The van der Waals surface area contributed by atoms with Crippen LogP contribution in [0, 0.1) is 5.92 Å². The number of carbonyl (C=O) groups is 1. The van der Waals surface area contributed by atoms with Crippen molar-refractivity contribution in [2.24, 2.45) is 5.92 Å². The maximum atomic E-state index is 11.3. The van der Waals surface area contributed by atoms with Gasteiger partial charge in [-0.3, -0.25) is 4.79 Å². The molecule has 12 heavy (non-hydrogen) atoms. The van der Waals surface area contributed by atoms with E-state index in [0.29, 0.717) is 22.7 Å². The second-order valence-electron chi connectivity index (χ2n) is 3.04. The summed E-state index contributed by atoms with van der Waals surface area (Å²) in [5, 5.41) is 3.57. The highest BCUT2D eigenvalue weighted by molar-refractivity contribution is 9.10. The number of Topliss-reactive ketones (excluding diaryl/α,β-unsaturated/α-hetero) is 1. The minimum absolute atomic E-state index is 0.00296. The van der Waals surface area contributed by atoms with Crippen molar-refractivity contribution in [3.63, 3.8) is 0 Å². The molecule has 0 bridgehead atoms. The van der Waals surface area contributed by atoms with Crippen LogP contribution in [0.4, 0.5) is 0 Å². The van der Waals surface area contributed by atoms with Crippen molar-refractivity contribution in [3.8, 4) is 0 Å². The predicted molar refractivity (Wildman–Crippen MR) is 48.0 cm³/mol. The zero-order valence-electron chi connectivity index (χ0n) is 7.00. The summed E-state index contributed by atoms with van der Waals surface area (Å²) in [5.74, 6) is 0.681. The van der Waals surface area contributed by atoms with Crippen molar-refractivity contribution in [2.75, 3.05) is 0 Å². The summed E-state index contributed by atoms with van der Waals surface area (Å²) < 4.78 is 5.34. The van der Waals surface area contributed by atoms with Crippen molar-refractivity contribution in [2.45, 2.75) is 20.3 Å². The smallest absolute Gasteiger partial charge is 0.203 e. The van der Waals surface area contributed by atoms with E-state index in [0.717, 1.165) is 0 Å². The van der Waals surface area contributed by atoms with Gasteiger partial charge in [0, 0.05) is 12.5 Å². The van der Waals surface area contributed by atoms with E-state index < -0.39 is 0 Å². The number of hydrogen-bond acceptors (Lipinski definition) is 3. The summed E-state index contributed by atoms with van der Waals surface area (Å²) >= 11 is 3.11. The fourth-order valence-corrected chi connectivity index (χ4v) is 1.14. The molecular formula is C8H10BrNO2. The van der Waals surface area contributed by atoms with Crippen molar-refractivity contribution >= 4 is 21.7 Å². The lowest BCUT2D eigenvalue weighted by Gasteiger charge is -1.98. The topological polar surface area (TPSA) is 43.1 Å². The number of aromatic nitrogens is 1. The third kappa shape index (κ3) is 2.44. The first kappa shape index (κ1) is 9.45. The average molecular weight is 232 g/mol. The molecule has 0 N–H and O–H groups in total. The van der Waals surface area contributed by atoms with Gasteiger partial charge in [0.2, 0.25) is 11.5 Å². The van der Waals surface area contributed by atoms with Gasteiger partial charge in [-0.25, -0.2) is 0 Å². The highest BCUT2D eigenvalue weighted by Crippen LogP contribution is 2.13. The number of hydrogen-bond donors (Lipinski definition) is 0. The molecule has 0 spiro atoms. The van der Waals surface area contributed by atoms with Gasteiger partial charge < -0.3 is 4.52 Å². The molecule has 0 radical (unpaired) electrons. The van der Waals surface area contributed by atoms with E-state index in [1.165, 1.54) is 0 Å². The maximum Gasteiger partial charge on any atom is 0.203 e. The molecule has 1 aromatic rings. The molecule has 4 heteroatoms. The molecular weight excluding hydrogens is 222 g/mol. The van der Waals surface area contributed by atoms with Gasteiger partial charge in [0.1, 0.15) is 4.60 Å².